The summed E-state index contributed by atoms with van der Waals surface area (Å²) in [6, 6.07) is 9.10. The van der Waals surface area contributed by atoms with Gasteiger partial charge < -0.3 is 14.8 Å². The Morgan fingerprint density at radius 3 is 2.70 bits per heavy atom. The van der Waals surface area contributed by atoms with Crippen LogP contribution in [0.5, 0.6) is 11.5 Å². The average molecular weight is 350 g/mol. The lowest BCUT2D eigenvalue weighted by Gasteiger charge is -2.23. The highest BCUT2D eigenvalue weighted by molar-refractivity contribution is 6.38. The van der Waals surface area contributed by atoms with E-state index in [9.17, 15) is 4.79 Å². The van der Waals surface area contributed by atoms with E-state index in [0.29, 0.717) is 27.9 Å². The number of nitrogens with one attached hydrogen (secondary N) is 1. The summed E-state index contributed by atoms with van der Waals surface area (Å²) in [4.78, 5) is 12.6. The van der Waals surface area contributed by atoms with Crippen LogP contribution in [0, 0.1) is 0 Å². The maximum absolute atomic E-state index is 12.6. The minimum Gasteiger partial charge on any atom is -0.454 e. The number of rotatable bonds is 2. The second-order valence-corrected chi connectivity index (χ2v) is 6.74. The zero-order chi connectivity index (χ0) is 16.2. The highest BCUT2D eigenvalue weighted by Crippen LogP contribution is 2.47. The van der Waals surface area contributed by atoms with E-state index in [2.05, 4.69) is 5.32 Å². The van der Waals surface area contributed by atoms with Crippen molar-refractivity contribution in [1.82, 2.24) is 0 Å². The Bertz CT molecular complexity index is 837. The third-order valence-electron chi connectivity index (χ3n) is 4.39. The lowest BCUT2D eigenvalue weighted by molar-refractivity contribution is -0.120. The molecule has 0 fully saturated rings. The van der Waals surface area contributed by atoms with Gasteiger partial charge in [0, 0.05) is 10.6 Å². The fraction of sp³-hybridized carbons (Fsp3) is 0.235. The van der Waals surface area contributed by atoms with Crippen LogP contribution in [0.15, 0.2) is 30.3 Å². The molecule has 4 rings (SSSR count). The van der Waals surface area contributed by atoms with Crippen molar-refractivity contribution in [2.75, 3.05) is 12.1 Å². The molecule has 6 heteroatoms. The van der Waals surface area contributed by atoms with Crippen molar-refractivity contribution in [2.45, 2.75) is 18.8 Å². The molecule has 118 valence electrons. The smallest absolute Gasteiger partial charge is 0.235 e. The third kappa shape index (κ3) is 2.17. The van der Waals surface area contributed by atoms with Gasteiger partial charge in [0.2, 0.25) is 12.7 Å². The number of hydrogen-bond donors (Lipinski definition) is 1. The summed E-state index contributed by atoms with van der Waals surface area (Å²) in [5, 5.41) is 3.88. The maximum Gasteiger partial charge on any atom is 0.235 e. The predicted octanol–water partition coefficient (Wildman–Crippen LogP) is 4.17. The van der Waals surface area contributed by atoms with Gasteiger partial charge in [0.05, 0.1) is 16.1 Å². The molecule has 1 N–H and O–H groups in total. The monoisotopic (exact) mass is 349 g/mol. The van der Waals surface area contributed by atoms with Gasteiger partial charge >= 0.3 is 0 Å². The first-order chi connectivity index (χ1) is 11.0. The summed E-state index contributed by atoms with van der Waals surface area (Å²) in [5.74, 6) is 1.30. The Hall–Kier alpha value is -1.91. The molecule has 1 amide bonds. The van der Waals surface area contributed by atoms with Crippen molar-refractivity contribution in [3.63, 3.8) is 0 Å². The van der Waals surface area contributed by atoms with Crippen molar-refractivity contribution in [2.24, 2.45) is 0 Å². The fourth-order valence-corrected chi connectivity index (χ4v) is 3.78. The molecule has 2 aromatic carbocycles. The second kappa shape index (κ2) is 5.05. The number of hydrogen-bond acceptors (Lipinski definition) is 3. The van der Waals surface area contributed by atoms with Gasteiger partial charge in [0.25, 0.3) is 0 Å². The molecule has 0 aromatic heterocycles. The van der Waals surface area contributed by atoms with Gasteiger partial charge in [-0.15, -0.1) is 0 Å². The minimum absolute atomic E-state index is 0.111. The molecule has 2 heterocycles. The number of amides is 1. The van der Waals surface area contributed by atoms with Crippen LogP contribution in [0.2, 0.25) is 10.0 Å². The van der Waals surface area contributed by atoms with Crippen molar-refractivity contribution in [3.05, 3.63) is 51.5 Å². The number of carbonyl (C=O) groups is 1. The minimum atomic E-state index is -0.787. The van der Waals surface area contributed by atoms with Gasteiger partial charge in [-0.25, -0.2) is 0 Å². The molecule has 2 aromatic rings. The van der Waals surface area contributed by atoms with Gasteiger partial charge in [-0.1, -0.05) is 29.3 Å². The van der Waals surface area contributed by atoms with Crippen LogP contribution in [0.1, 0.15) is 18.1 Å². The quantitative estimate of drug-likeness (QED) is 0.884. The Balaban J connectivity index is 1.77. The summed E-state index contributed by atoms with van der Waals surface area (Å²) in [6.45, 7) is 2.10. The van der Waals surface area contributed by atoms with E-state index >= 15 is 0 Å². The largest absolute Gasteiger partial charge is 0.454 e. The van der Waals surface area contributed by atoms with E-state index in [4.69, 9.17) is 32.7 Å². The molecule has 23 heavy (non-hydrogen) atoms. The molecule has 0 aliphatic carbocycles. The molecule has 0 radical (unpaired) electrons. The highest BCUT2D eigenvalue weighted by Gasteiger charge is 2.45. The zero-order valence-corrected chi connectivity index (χ0v) is 13.8. The molecule has 1 atom stereocenters. The van der Waals surface area contributed by atoms with Crippen molar-refractivity contribution < 1.29 is 14.3 Å². The first-order valence-corrected chi connectivity index (χ1v) is 7.93. The van der Waals surface area contributed by atoms with Gasteiger partial charge in [-0.05, 0) is 43.2 Å². The standard InChI is InChI=1S/C17H13Cl2NO3/c1-17(7-9-2-5-12-13(6-9)23-8-22-12)14-10(18)3-4-11(19)15(14)20-16(17)21/h2-6H,7-8H2,1H3,(H,20,21). The summed E-state index contributed by atoms with van der Waals surface area (Å²) >= 11 is 12.6. The molecule has 0 saturated carbocycles. The lowest BCUT2D eigenvalue weighted by atomic mass is 9.78. The molecule has 0 saturated heterocycles. The molecule has 1 unspecified atom stereocenters. The third-order valence-corrected chi connectivity index (χ3v) is 5.02. The van der Waals surface area contributed by atoms with Crippen LogP contribution in [0.3, 0.4) is 0 Å². The van der Waals surface area contributed by atoms with Gasteiger partial charge in [0.15, 0.2) is 11.5 Å². The van der Waals surface area contributed by atoms with Crippen LogP contribution < -0.4 is 14.8 Å². The van der Waals surface area contributed by atoms with E-state index in [1.165, 1.54) is 0 Å². The summed E-state index contributed by atoms with van der Waals surface area (Å²) in [7, 11) is 0. The fourth-order valence-electron chi connectivity index (χ4n) is 3.21. The number of fused-ring (bicyclic) bond motifs is 2. The van der Waals surface area contributed by atoms with Crippen molar-refractivity contribution in [3.8, 4) is 11.5 Å². The molecule has 2 aliphatic rings. The van der Waals surface area contributed by atoms with Gasteiger partial charge in [0.1, 0.15) is 0 Å². The van der Waals surface area contributed by atoms with E-state index in [1.54, 1.807) is 12.1 Å². The molecule has 0 bridgehead atoms. The van der Waals surface area contributed by atoms with Gasteiger partial charge in [-0.3, -0.25) is 4.79 Å². The van der Waals surface area contributed by atoms with E-state index in [-0.39, 0.29) is 12.7 Å². The SMILES string of the molecule is CC1(Cc2ccc3c(c2)OCO3)C(=O)Nc2c(Cl)ccc(Cl)c21. The molecule has 0 spiro atoms. The molecule has 2 aliphatic heterocycles. The van der Waals surface area contributed by atoms with Crippen molar-refractivity contribution >= 4 is 34.8 Å². The van der Waals surface area contributed by atoms with Gasteiger partial charge in [-0.2, -0.15) is 0 Å². The normalized spacial score (nSPS) is 21.3. The maximum atomic E-state index is 12.6. The average Bonchev–Trinajstić information content (AvgIpc) is 3.07. The number of halogens is 2. The number of anilines is 1. The lowest BCUT2D eigenvalue weighted by Crippen LogP contribution is -2.33. The number of benzene rings is 2. The molecular weight excluding hydrogens is 337 g/mol. The Kier molecular flexibility index (Phi) is 3.22. The van der Waals surface area contributed by atoms with Crippen LogP contribution in [0.25, 0.3) is 0 Å². The topological polar surface area (TPSA) is 47.6 Å². The van der Waals surface area contributed by atoms with Crippen LogP contribution in [-0.4, -0.2) is 12.7 Å². The Morgan fingerprint density at radius 1 is 1.13 bits per heavy atom. The van der Waals surface area contributed by atoms with Crippen molar-refractivity contribution in [1.29, 1.82) is 0 Å². The number of carbonyl (C=O) groups excluding carboxylic acids is 1. The Labute approximate surface area is 143 Å². The van der Waals surface area contributed by atoms with Crippen LogP contribution >= 0.6 is 23.2 Å². The van der Waals surface area contributed by atoms with E-state index in [0.717, 1.165) is 16.9 Å². The second-order valence-electron chi connectivity index (χ2n) is 5.93. The summed E-state index contributed by atoms with van der Waals surface area (Å²) in [5.41, 5.74) is 1.53. The summed E-state index contributed by atoms with van der Waals surface area (Å²) in [6.07, 6.45) is 0.489. The van der Waals surface area contributed by atoms with E-state index in [1.807, 2.05) is 25.1 Å². The predicted molar refractivity (Wildman–Crippen MR) is 88.7 cm³/mol. The van der Waals surface area contributed by atoms with Crippen LogP contribution in [-0.2, 0) is 16.6 Å². The first-order valence-electron chi connectivity index (χ1n) is 7.17. The zero-order valence-electron chi connectivity index (χ0n) is 12.3. The number of ether oxygens (including phenoxy) is 2. The Morgan fingerprint density at radius 2 is 1.87 bits per heavy atom. The highest BCUT2D eigenvalue weighted by atomic mass is 35.5. The molecular formula is C17H13Cl2NO3. The van der Waals surface area contributed by atoms with Crippen LogP contribution in [0.4, 0.5) is 5.69 Å². The first kappa shape index (κ1) is 14.7. The molecule has 4 nitrogen and oxygen atoms in total. The van der Waals surface area contributed by atoms with E-state index < -0.39 is 5.41 Å². The summed E-state index contributed by atoms with van der Waals surface area (Å²) < 4.78 is 10.7.